The van der Waals surface area contributed by atoms with Crippen LogP contribution in [0.15, 0.2) is 6.33 Å². The number of unbranched alkanes of at least 4 members (excludes halogenated alkanes) is 2. The molecule has 0 aliphatic rings. The van der Waals surface area contributed by atoms with E-state index in [2.05, 4.69) is 41.1 Å². The molecule has 5 heteroatoms. The lowest BCUT2D eigenvalue weighted by Crippen LogP contribution is -2.22. The van der Waals surface area contributed by atoms with Crippen molar-refractivity contribution in [3.8, 4) is 0 Å². The molecular formula is C15H28N4O. The molecule has 0 atom stereocenters. The molecule has 0 aliphatic carbocycles. The second-order valence-corrected chi connectivity index (χ2v) is 5.01. The average Bonchev–Trinajstić information content (AvgIpc) is 2.48. The van der Waals surface area contributed by atoms with Crippen molar-refractivity contribution in [1.29, 1.82) is 0 Å². The highest BCUT2D eigenvalue weighted by Crippen LogP contribution is 2.23. The van der Waals surface area contributed by atoms with Gasteiger partial charge < -0.3 is 15.3 Å². The molecule has 1 aromatic heterocycles. The number of aromatic nitrogens is 2. The first-order valence-corrected chi connectivity index (χ1v) is 7.64. The molecule has 1 rings (SSSR count). The topological polar surface area (TPSA) is 61.3 Å². The van der Waals surface area contributed by atoms with Gasteiger partial charge >= 0.3 is 0 Å². The Bertz CT molecular complexity index is 384. The van der Waals surface area contributed by atoms with Gasteiger partial charge in [0.15, 0.2) is 0 Å². The zero-order valence-electron chi connectivity index (χ0n) is 13.0. The van der Waals surface area contributed by atoms with E-state index in [4.69, 9.17) is 5.11 Å². The minimum atomic E-state index is 0.280. The predicted octanol–water partition coefficient (Wildman–Crippen LogP) is 2.46. The summed E-state index contributed by atoms with van der Waals surface area (Å²) in [6.07, 6.45) is 6.64. The second-order valence-electron chi connectivity index (χ2n) is 5.01. The van der Waals surface area contributed by atoms with E-state index in [-0.39, 0.29) is 6.61 Å². The van der Waals surface area contributed by atoms with Crippen molar-refractivity contribution >= 4 is 11.6 Å². The molecule has 0 spiro atoms. The summed E-state index contributed by atoms with van der Waals surface area (Å²) < 4.78 is 0. The van der Waals surface area contributed by atoms with Crippen LogP contribution in [0.3, 0.4) is 0 Å². The van der Waals surface area contributed by atoms with Crippen LogP contribution < -0.4 is 10.2 Å². The van der Waals surface area contributed by atoms with Crippen molar-refractivity contribution in [2.24, 2.45) is 0 Å². The Labute approximate surface area is 122 Å². The third-order valence-corrected chi connectivity index (χ3v) is 3.33. The van der Waals surface area contributed by atoms with Crippen LogP contribution in [0.25, 0.3) is 0 Å². The first-order valence-electron chi connectivity index (χ1n) is 7.64. The normalized spacial score (nSPS) is 10.6. The molecule has 5 nitrogen and oxygen atoms in total. The van der Waals surface area contributed by atoms with Crippen LogP contribution >= 0.6 is 0 Å². The molecule has 0 aromatic carbocycles. The number of rotatable bonds is 10. The van der Waals surface area contributed by atoms with Gasteiger partial charge in [0.25, 0.3) is 0 Å². The van der Waals surface area contributed by atoms with Crippen LogP contribution in [0.2, 0.25) is 0 Å². The van der Waals surface area contributed by atoms with Crippen molar-refractivity contribution in [1.82, 2.24) is 9.97 Å². The number of nitrogens with zero attached hydrogens (tertiary/aromatic N) is 3. The Kier molecular flexibility index (Phi) is 7.95. The van der Waals surface area contributed by atoms with E-state index in [1.165, 1.54) is 5.56 Å². The van der Waals surface area contributed by atoms with Crippen molar-refractivity contribution < 1.29 is 5.11 Å². The van der Waals surface area contributed by atoms with E-state index in [1.54, 1.807) is 6.33 Å². The van der Waals surface area contributed by atoms with Crippen LogP contribution in [-0.4, -0.2) is 41.8 Å². The first kappa shape index (κ1) is 16.7. The largest absolute Gasteiger partial charge is 0.396 e. The van der Waals surface area contributed by atoms with Crippen molar-refractivity contribution in [3.05, 3.63) is 11.9 Å². The molecule has 1 aromatic rings. The summed E-state index contributed by atoms with van der Waals surface area (Å²) in [5.74, 6) is 1.98. The van der Waals surface area contributed by atoms with E-state index >= 15 is 0 Å². The first-order chi connectivity index (χ1) is 9.74. The van der Waals surface area contributed by atoms with Crippen LogP contribution in [-0.2, 0) is 6.42 Å². The molecule has 114 valence electrons. The molecule has 1 heterocycles. The molecule has 0 bridgehead atoms. The number of nitrogens with one attached hydrogen (secondary N) is 1. The summed E-state index contributed by atoms with van der Waals surface area (Å²) in [5.41, 5.74) is 1.19. The van der Waals surface area contributed by atoms with Gasteiger partial charge in [0.05, 0.1) is 0 Å². The number of aliphatic hydroxyl groups is 1. The maximum Gasteiger partial charge on any atom is 0.137 e. The number of hydrogen-bond acceptors (Lipinski definition) is 5. The molecule has 0 unspecified atom stereocenters. The molecule has 2 N–H and O–H groups in total. The number of aliphatic hydroxyl groups excluding tert-OH is 1. The van der Waals surface area contributed by atoms with Gasteiger partial charge in [-0.25, -0.2) is 9.97 Å². The SMILES string of the molecule is CCCNc1ncnc(N(C)CCCCCO)c1CC. The van der Waals surface area contributed by atoms with Crippen LogP contribution in [0.5, 0.6) is 0 Å². The van der Waals surface area contributed by atoms with Crippen LogP contribution in [0, 0.1) is 0 Å². The Morgan fingerprint density at radius 2 is 2.00 bits per heavy atom. The Balaban J connectivity index is 2.71. The Morgan fingerprint density at radius 3 is 2.65 bits per heavy atom. The average molecular weight is 280 g/mol. The Hall–Kier alpha value is -1.36. The fraction of sp³-hybridized carbons (Fsp3) is 0.733. The zero-order chi connectivity index (χ0) is 14.8. The standard InChI is InChI=1S/C15H28N4O/c1-4-9-16-14-13(5-2)15(18-12-17-14)19(3)10-7-6-8-11-20/h12,20H,4-11H2,1-3H3,(H,16,17,18). The number of anilines is 2. The highest BCUT2D eigenvalue weighted by molar-refractivity contribution is 5.58. The fourth-order valence-electron chi connectivity index (χ4n) is 2.20. The quantitative estimate of drug-likeness (QED) is 0.645. The maximum absolute atomic E-state index is 8.81. The summed E-state index contributed by atoms with van der Waals surface area (Å²) in [6, 6.07) is 0. The second kappa shape index (κ2) is 9.53. The minimum Gasteiger partial charge on any atom is -0.396 e. The highest BCUT2D eigenvalue weighted by atomic mass is 16.2. The molecule has 0 saturated carbocycles. The van der Waals surface area contributed by atoms with Gasteiger partial charge in [-0.05, 0) is 32.1 Å². The van der Waals surface area contributed by atoms with E-state index in [0.29, 0.717) is 0 Å². The van der Waals surface area contributed by atoms with Crippen LogP contribution in [0.1, 0.15) is 45.1 Å². The summed E-state index contributed by atoms with van der Waals surface area (Å²) in [5, 5.41) is 12.2. The van der Waals surface area contributed by atoms with Gasteiger partial charge in [-0.3, -0.25) is 0 Å². The van der Waals surface area contributed by atoms with Gasteiger partial charge in [0.1, 0.15) is 18.0 Å². The molecule has 0 fully saturated rings. The minimum absolute atomic E-state index is 0.280. The Morgan fingerprint density at radius 1 is 1.20 bits per heavy atom. The van der Waals surface area contributed by atoms with Gasteiger partial charge in [-0.1, -0.05) is 13.8 Å². The van der Waals surface area contributed by atoms with Gasteiger partial charge in [-0.15, -0.1) is 0 Å². The molecule has 0 aliphatic heterocycles. The van der Waals surface area contributed by atoms with Gasteiger partial charge in [0.2, 0.25) is 0 Å². The number of hydrogen-bond donors (Lipinski definition) is 2. The molecule has 0 amide bonds. The fourth-order valence-corrected chi connectivity index (χ4v) is 2.20. The summed E-state index contributed by atoms with van der Waals surface area (Å²) in [7, 11) is 2.07. The summed E-state index contributed by atoms with van der Waals surface area (Å²) in [4.78, 5) is 11.0. The summed E-state index contributed by atoms with van der Waals surface area (Å²) in [6.45, 7) is 6.45. The third-order valence-electron chi connectivity index (χ3n) is 3.33. The lowest BCUT2D eigenvalue weighted by atomic mass is 10.2. The molecular weight excluding hydrogens is 252 g/mol. The van der Waals surface area contributed by atoms with Gasteiger partial charge in [0, 0.05) is 32.3 Å². The van der Waals surface area contributed by atoms with E-state index in [9.17, 15) is 0 Å². The predicted molar refractivity (Wildman–Crippen MR) is 84.4 cm³/mol. The van der Waals surface area contributed by atoms with Crippen molar-refractivity contribution in [3.63, 3.8) is 0 Å². The van der Waals surface area contributed by atoms with Gasteiger partial charge in [-0.2, -0.15) is 0 Å². The smallest absolute Gasteiger partial charge is 0.137 e. The molecule has 0 radical (unpaired) electrons. The summed E-state index contributed by atoms with van der Waals surface area (Å²) >= 11 is 0. The highest BCUT2D eigenvalue weighted by Gasteiger charge is 2.12. The van der Waals surface area contributed by atoms with Crippen LogP contribution in [0.4, 0.5) is 11.6 Å². The zero-order valence-corrected chi connectivity index (χ0v) is 13.0. The lowest BCUT2D eigenvalue weighted by Gasteiger charge is -2.22. The van der Waals surface area contributed by atoms with E-state index in [1.807, 2.05) is 0 Å². The monoisotopic (exact) mass is 280 g/mol. The van der Waals surface area contributed by atoms with E-state index < -0.39 is 0 Å². The lowest BCUT2D eigenvalue weighted by molar-refractivity contribution is 0.283. The molecule has 20 heavy (non-hydrogen) atoms. The maximum atomic E-state index is 8.81. The molecule has 0 saturated heterocycles. The van der Waals surface area contributed by atoms with Crippen molar-refractivity contribution in [2.45, 2.75) is 46.0 Å². The van der Waals surface area contributed by atoms with E-state index in [0.717, 1.165) is 56.8 Å². The van der Waals surface area contributed by atoms with Crippen molar-refractivity contribution in [2.75, 3.05) is 37.0 Å². The third kappa shape index (κ3) is 4.96.